The molecule has 2 heterocycles. The molecule has 4 nitrogen and oxygen atoms in total. The third-order valence-electron chi connectivity index (χ3n) is 8.17. The largest absolute Gasteiger partial charge is 0.455 e. The van der Waals surface area contributed by atoms with Gasteiger partial charge in [-0.3, -0.25) is 0 Å². The summed E-state index contributed by atoms with van der Waals surface area (Å²) in [7, 11) is 0. The fraction of sp³-hybridized carbons (Fsp3) is 0. The van der Waals surface area contributed by atoms with Crippen LogP contribution < -0.4 is 0 Å². The maximum Gasteiger partial charge on any atom is 0.164 e. The fourth-order valence-corrected chi connectivity index (χ4v) is 5.68. The molecule has 0 aliphatic rings. The van der Waals surface area contributed by atoms with Gasteiger partial charge >= 0.3 is 0 Å². The summed E-state index contributed by atoms with van der Waals surface area (Å²) in [6.45, 7) is 0. The SMILES string of the molecule is [2H]c1c([2H])c(-c2c([2H])c([2H])c([2H])c3c2oc2c([2H])c([2H])c([2H])c([2H])c23)c([2H])c([2H])c1-c1nc(-c2ccc(-c3ccccc3)cc2)nc(-c2ccc(-c3ccccc3)cc2)n1. The van der Waals surface area contributed by atoms with Crippen LogP contribution in [-0.4, -0.2) is 15.0 Å². The normalized spacial score (nSPS) is 14.4. The molecule has 4 heteroatoms. The van der Waals surface area contributed by atoms with Crippen molar-refractivity contribution < 1.29 is 19.5 Å². The highest BCUT2D eigenvalue weighted by Gasteiger charge is 2.15. The number of para-hydroxylation sites is 2. The molecule has 0 fully saturated rings. The summed E-state index contributed by atoms with van der Waals surface area (Å²) in [5, 5.41) is -0.404. The minimum absolute atomic E-state index is 0.149. The topological polar surface area (TPSA) is 51.8 Å². The molecule has 0 spiro atoms. The number of benzene rings is 7. The Morgan fingerprint density at radius 2 is 0.816 bits per heavy atom. The maximum atomic E-state index is 9.29. The predicted molar refractivity (Wildman–Crippen MR) is 200 cm³/mol. The monoisotopic (exact) mass is 638 g/mol. The summed E-state index contributed by atoms with van der Waals surface area (Å²) in [6, 6.07) is 28.3. The molecule has 0 atom stereocenters. The second-order valence-electron chi connectivity index (χ2n) is 11.2. The van der Waals surface area contributed by atoms with Gasteiger partial charge in [0.1, 0.15) is 11.2 Å². The molecule has 49 heavy (non-hydrogen) atoms. The molecule has 230 valence electrons. The second kappa shape index (κ2) is 12.2. The lowest BCUT2D eigenvalue weighted by molar-refractivity contribution is 0.670. The molecule has 9 aromatic rings. The van der Waals surface area contributed by atoms with Crippen molar-refractivity contribution in [2.24, 2.45) is 0 Å². The van der Waals surface area contributed by atoms with E-state index in [1.807, 2.05) is 109 Å². The number of nitrogens with zero attached hydrogens (tertiary/aromatic N) is 3. The number of fused-ring (bicyclic) bond motifs is 3. The summed E-state index contributed by atoms with van der Waals surface area (Å²) in [5.74, 6) is 0.277. The number of furan rings is 1. The van der Waals surface area contributed by atoms with E-state index in [2.05, 4.69) is 0 Å². The standard InChI is InChI=1S/C45H29N3O/c1-3-10-30(11-4-1)32-18-24-35(25-19-32)43-46-44(36-26-20-33(21-27-36)31-12-5-2-6-13-31)48-45(47-43)37-28-22-34(23-29-37)38-15-9-16-40-39-14-7-8-17-41(39)49-42(38)40/h1-29H/i7D,8D,9D,14D,15D,16D,17D,22D,23D,28D,29D. The Hall–Kier alpha value is -6.65. The highest BCUT2D eigenvalue weighted by molar-refractivity contribution is 6.09. The van der Waals surface area contributed by atoms with Crippen LogP contribution in [0.1, 0.15) is 15.1 Å². The summed E-state index contributed by atoms with van der Waals surface area (Å²) >= 11 is 0. The summed E-state index contributed by atoms with van der Waals surface area (Å²) in [6.07, 6.45) is 0. The molecule has 0 amide bonds. The van der Waals surface area contributed by atoms with Crippen LogP contribution >= 0.6 is 0 Å². The molecular formula is C45H29N3O. The van der Waals surface area contributed by atoms with Crippen LogP contribution in [0.3, 0.4) is 0 Å². The van der Waals surface area contributed by atoms with E-state index in [0.29, 0.717) is 11.1 Å². The third-order valence-corrected chi connectivity index (χ3v) is 8.17. The van der Waals surface area contributed by atoms with Crippen LogP contribution in [0.2, 0.25) is 0 Å². The number of aromatic nitrogens is 3. The second-order valence-corrected chi connectivity index (χ2v) is 11.2. The quantitative estimate of drug-likeness (QED) is 0.182. The molecule has 7 aromatic carbocycles. The summed E-state index contributed by atoms with van der Waals surface area (Å²) < 4.78 is 103. The highest BCUT2D eigenvalue weighted by atomic mass is 16.3. The Bertz CT molecular complexity index is 3060. The van der Waals surface area contributed by atoms with Gasteiger partial charge < -0.3 is 4.42 Å². The molecule has 0 N–H and O–H groups in total. The molecular weight excluding hydrogens is 599 g/mol. The summed E-state index contributed by atoms with van der Waals surface area (Å²) in [5.41, 5.74) is 3.44. The average Bonchev–Trinajstić information content (AvgIpc) is 3.69. The Labute approximate surface area is 299 Å². The van der Waals surface area contributed by atoms with Crippen molar-refractivity contribution in [3.8, 4) is 67.5 Å². The van der Waals surface area contributed by atoms with Crippen LogP contribution in [0.4, 0.5) is 0 Å². The van der Waals surface area contributed by atoms with Crippen LogP contribution in [0.5, 0.6) is 0 Å². The van der Waals surface area contributed by atoms with Gasteiger partial charge in [0, 0.05) is 33.0 Å². The van der Waals surface area contributed by atoms with E-state index in [1.165, 1.54) is 0 Å². The molecule has 0 bridgehead atoms. The van der Waals surface area contributed by atoms with Crippen LogP contribution in [-0.2, 0) is 0 Å². The fourth-order valence-electron chi connectivity index (χ4n) is 5.68. The molecule has 0 aliphatic heterocycles. The molecule has 2 aromatic heterocycles. The van der Waals surface area contributed by atoms with Gasteiger partial charge in [0.2, 0.25) is 0 Å². The van der Waals surface area contributed by atoms with Crippen molar-refractivity contribution in [1.82, 2.24) is 15.0 Å². The summed E-state index contributed by atoms with van der Waals surface area (Å²) in [4.78, 5) is 14.2. The van der Waals surface area contributed by atoms with Gasteiger partial charge in [0.05, 0.1) is 15.1 Å². The van der Waals surface area contributed by atoms with E-state index in [1.54, 1.807) is 0 Å². The van der Waals surface area contributed by atoms with E-state index in [-0.39, 0.29) is 50.5 Å². The first-order valence-corrected chi connectivity index (χ1v) is 15.5. The van der Waals surface area contributed by atoms with Crippen molar-refractivity contribution in [2.45, 2.75) is 0 Å². The molecule has 0 saturated carbocycles. The van der Waals surface area contributed by atoms with E-state index in [9.17, 15) is 5.48 Å². The van der Waals surface area contributed by atoms with Crippen molar-refractivity contribution in [3.05, 3.63) is 176 Å². The first-order chi connectivity index (χ1) is 28.8. The van der Waals surface area contributed by atoms with Crippen molar-refractivity contribution in [1.29, 1.82) is 0 Å². The zero-order valence-corrected chi connectivity index (χ0v) is 25.6. The van der Waals surface area contributed by atoms with Gasteiger partial charge in [-0.2, -0.15) is 0 Å². The van der Waals surface area contributed by atoms with E-state index < -0.39 is 72.0 Å². The van der Waals surface area contributed by atoms with Crippen LogP contribution in [0, 0.1) is 0 Å². The van der Waals surface area contributed by atoms with E-state index in [0.717, 1.165) is 22.3 Å². The zero-order chi connectivity index (χ0) is 42.1. The van der Waals surface area contributed by atoms with E-state index in [4.69, 9.17) is 29.0 Å². The third kappa shape index (κ3) is 5.45. The number of hydrogen-bond acceptors (Lipinski definition) is 4. The zero-order valence-electron chi connectivity index (χ0n) is 36.6. The van der Waals surface area contributed by atoms with Crippen LogP contribution in [0.15, 0.2) is 180 Å². The molecule has 0 saturated heterocycles. The smallest absolute Gasteiger partial charge is 0.164 e. The van der Waals surface area contributed by atoms with Gasteiger partial charge in [-0.25, -0.2) is 15.0 Å². The molecule has 0 aliphatic carbocycles. The first-order valence-electron chi connectivity index (χ1n) is 21.0. The van der Waals surface area contributed by atoms with Crippen molar-refractivity contribution in [3.63, 3.8) is 0 Å². The molecule has 0 radical (unpaired) electrons. The van der Waals surface area contributed by atoms with E-state index >= 15 is 0 Å². The lowest BCUT2D eigenvalue weighted by atomic mass is 10.0. The predicted octanol–water partition coefficient (Wildman–Crippen LogP) is 11.8. The van der Waals surface area contributed by atoms with Gasteiger partial charge in [-0.15, -0.1) is 0 Å². The van der Waals surface area contributed by atoms with Crippen molar-refractivity contribution in [2.75, 3.05) is 0 Å². The Morgan fingerprint density at radius 3 is 1.39 bits per heavy atom. The Morgan fingerprint density at radius 1 is 0.367 bits per heavy atom. The minimum atomic E-state index is -0.656. The first kappa shape index (κ1) is 19.2. The lowest BCUT2D eigenvalue weighted by Crippen LogP contribution is -2.00. The Balaban J connectivity index is 1.25. The van der Waals surface area contributed by atoms with Crippen molar-refractivity contribution >= 4 is 21.9 Å². The van der Waals surface area contributed by atoms with Gasteiger partial charge in [0.25, 0.3) is 0 Å². The van der Waals surface area contributed by atoms with Gasteiger partial charge in [-0.1, -0.05) is 170 Å². The minimum Gasteiger partial charge on any atom is -0.455 e. The Kier molecular flexibility index (Phi) is 4.78. The van der Waals surface area contributed by atoms with Gasteiger partial charge in [0.15, 0.2) is 17.5 Å². The maximum absolute atomic E-state index is 9.29. The van der Waals surface area contributed by atoms with Crippen LogP contribution in [0.25, 0.3) is 89.5 Å². The lowest BCUT2D eigenvalue weighted by Gasteiger charge is -2.10. The number of hydrogen-bond donors (Lipinski definition) is 0. The molecule has 9 rings (SSSR count). The van der Waals surface area contributed by atoms with Gasteiger partial charge in [-0.05, 0) is 33.9 Å². The highest BCUT2D eigenvalue weighted by Crippen LogP contribution is 2.36. The molecule has 0 unspecified atom stereocenters. The average molecular weight is 639 g/mol. The number of rotatable bonds is 6.